The minimum Gasteiger partial charge on any atom is -0.382 e. The molecule has 1 aromatic carbocycles. The third-order valence-electron chi connectivity index (χ3n) is 7.70. The summed E-state index contributed by atoms with van der Waals surface area (Å²) in [5, 5.41) is 3.15. The van der Waals surface area contributed by atoms with Crippen LogP contribution >= 0.6 is 12.6 Å². The Morgan fingerprint density at radius 3 is 2.31 bits per heavy atom. The van der Waals surface area contributed by atoms with Gasteiger partial charge in [0.2, 0.25) is 0 Å². The number of likely N-dealkylation sites (N-methyl/N-ethyl adjacent to an activating group) is 1. The van der Waals surface area contributed by atoms with Crippen LogP contribution in [0.4, 0.5) is 5.82 Å². The van der Waals surface area contributed by atoms with Crippen LogP contribution in [-0.2, 0) is 11.2 Å². The van der Waals surface area contributed by atoms with Crippen LogP contribution < -0.4 is 10.7 Å². The number of nitrogens with two attached hydrogens (primary N) is 1. The lowest BCUT2D eigenvalue weighted by Gasteiger charge is -2.42. The first-order chi connectivity index (χ1) is 18.3. The third-order valence-corrected chi connectivity index (χ3v) is 7.94. The number of aromatic nitrogens is 3. The zero-order valence-electron chi connectivity index (χ0n) is 25.7. The number of imidazole rings is 1. The van der Waals surface area contributed by atoms with Crippen molar-refractivity contribution in [3.05, 3.63) is 30.1 Å². The second-order valence-electron chi connectivity index (χ2n) is 12.1. The number of ether oxygens (including phenoxy) is 1. The van der Waals surface area contributed by atoms with Gasteiger partial charge in [-0.3, -0.25) is 4.90 Å². The van der Waals surface area contributed by atoms with Crippen LogP contribution in [0.5, 0.6) is 0 Å². The predicted octanol–water partition coefficient (Wildman–Crippen LogP) is 5.04. The zero-order valence-corrected chi connectivity index (χ0v) is 26.6. The molecule has 0 saturated carbocycles. The smallest absolute Gasteiger partial charge is 0.152 e. The lowest BCUT2D eigenvalue weighted by Crippen LogP contribution is -2.51. The average Bonchev–Trinajstić information content (AvgIpc) is 3.24. The molecule has 218 valence electrons. The van der Waals surface area contributed by atoms with Crippen molar-refractivity contribution in [2.24, 2.45) is 5.92 Å². The van der Waals surface area contributed by atoms with E-state index in [0.29, 0.717) is 11.7 Å². The number of thiol groups is 1. The van der Waals surface area contributed by atoms with Gasteiger partial charge in [0.15, 0.2) is 5.82 Å². The van der Waals surface area contributed by atoms with Gasteiger partial charge in [-0.2, -0.15) is 0 Å². The van der Waals surface area contributed by atoms with Crippen molar-refractivity contribution in [3.63, 3.8) is 0 Å². The molecule has 1 aliphatic heterocycles. The molecule has 1 unspecified atom stereocenters. The zero-order chi connectivity index (χ0) is 29.0. The Hall–Kier alpha value is -2.07. The standard InChI is InChI=1S/C16H21N5.C14H30N2OS/c1-4-5-10-13-19-14-15(21(13)20(2)3)11-8-6-7-9-12(11)18-16(14)17;1-12(2)13(3,4)17-14(5,18)11-16-9-7-15(6)8-10-16/h6-9H,4-5,10H2,1-3H3,(H2,17,18);12,18H,7-11H2,1-6H3. The Morgan fingerprint density at radius 1 is 1.08 bits per heavy atom. The van der Waals surface area contributed by atoms with Gasteiger partial charge in [0.05, 0.1) is 11.1 Å². The lowest BCUT2D eigenvalue weighted by molar-refractivity contribution is -0.117. The summed E-state index contributed by atoms with van der Waals surface area (Å²) >= 11 is 4.73. The van der Waals surface area contributed by atoms with E-state index in [-0.39, 0.29) is 10.5 Å². The second-order valence-corrected chi connectivity index (χ2v) is 13.1. The minimum atomic E-state index is -0.385. The molecule has 1 atom stereocenters. The summed E-state index contributed by atoms with van der Waals surface area (Å²) in [6, 6.07) is 8.08. The maximum atomic E-state index is 6.23. The van der Waals surface area contributed by atoms with E-state index < -0.39 is 0 Å². The first-order valence-electron chi connectivity index (χ1n) is 14.3. The van der Waals surface area contributed by atoms with E-state index in [9.17, 15) is 0 Å². The molecular weight excluding hydrogens is 506 g/mol. The number of benzene rings is 1. The van der Waals surface area contributed by atoms with Gasteiger partial charge in [-0.1, -0.05) is 45.4 Å². The van der Waals surface area contributed by atoms with Crippen molar-refractivity contribution in [3.8, 4) is 0 Å². The van der Waals surface area contributed by atoms with E-state index >= 15 is 0 Å². The Morgan fingerprint density at radius 2 is 1.72 bits per heavy atom. The molecule has 9 heteroatoms. The molecular formula is C30H51N7OS. The number of hydrogen-bond donors (Lipinski definition) is 2. The Balaban J connectivity index is 0.000000219. The van der Waals surface area contributed by atoms with Crippen LogP contribution in [0.15, 0.2) is 24.3 Å². The highest BCUT2D eigenvalue weighted by molar-refractivity contribution is 7.81. The Kier molecular flexibility index (Phi) is 10.5. The number of rotatable bonds is 9. The number of nitrogen functional groups attached to an aromatic ring is 1. The molecule has 3 heterocycles. The normalized spacial score (nSPS) is 16.9. The minimum absolute atomic E-state index is 0.136. The van der Waals surface area contributed by atoms with Crippen LogP contribution in [-0.4, -0.2) is 88.8 Å². The van der Waals surface area contributed by atoms with Crippen molar-refractivity contribution in [1.29, 1.82) is 0 Å². The average molecular weight is 558 g/mol. The fourth-order valence-electron chi connectivity index (χ4n) is 4.90. The molecule has 0 amide bonds. The lowest BCUT2D eigenvalue weighted by atomic mass is 9.94. The second kappa shape index (κ2) is 13.1. The summed E-state index contributed by atoms with van der Waals surface area (Å²) in [6.45, 7) is 18.3. The molecule has 0 aliphatic carbocycles. The van der Waals surface area contributed by atoms with Gasteiger partial charge < -0.3 is 20.4 Å². The fourth-order valence-corrected chi connectivity index (χ4v) is 5.33. The molecule has 3 aromatic rings. The fraction of sp³-hybridized carbons (Fsp3) is 0.667. The number of para-hydroxylation sites is 1. The molecule has 2 aromatic heterocycles. The summed E-state index contributed by atoms with van der Waals surface area (Å²) < 4.78 is 8.38. The molecule has 0 bridgehead atoms. The van der Waals surface area contributed by atoms with Crippen molar-refractivity contribution in [2.75, 3.05) is 64.6 Å². The monoisotopic (exact) mass is 557 g/mol. The van der Waals surface area contributed by atoms with Crippen molar-refractivity contribution < 1.29 is 4.74 Å². The van der Waals surface area contributed by atoms with Crippen LogP contribution in [0, 0.1) is 5.92 Å². The van der Waals surface area contributed by atoms with Gasteiger partial charge in [0.1, 0.15) is 21.8 Å². The number of anilines is 1. The summed E-state index contributed by atoms with van der Waals surface area (Å²) in [7, 11) is 6.24. The van der Waals surface area contributed by atoms with Crippen molar-refractivity contribution >= 4 is 40.4 Å². The summed E-state index contributed by atoms with van der Waals surface area (Å²) in [5.74, 6) is 2.03. The van der Waals surface area contributed by atoms with E-state index in [1.165, 1.54) is 0 Å². The van der Waals surface area contributed by atoms with E-state index in [0.717, 1.165) is 79.7 Å². The molecule has 4 rings (SSSR count). The van der Waals surface area contributed by atoms with E-state index in [1.54, 1.807) is 0 Å². The van der Waals surface area contributed by atoms with E-state index in [1.807, 2.05) is 32.3 Å². The van der Waals surface area contributed by atoms with Gasteiger partial charge in [-0.15, -0.1) is 12.6 Å². The van der Waals surface area contributed by atoms with Crippen molar-refractivity contribution in [2.45, 2.75) is 71.3 Å². The molecule has 2 N–H and O–H groups in total. The van der Waals surface area contributed by atoms with Gasteiger partial charge >= 0.3 is 0 Å². The summed E-state index contributed by atoms with van der Waals surface area (Å²) in [5.41, 5.74) is 8.75. The summed E-state index contributed by atoms with van der Waals surface area (Å²) in [4.78, 5) is 13.7. The highest BCUT2D eigenvalue weighted by Gasteiger charge is 2.34. The molecule has 0 radical (unpaired) electrons. The van der Waals surface area contributed by atoms with Crippen LogP contribution in [0.3, 0.4) is 0 Å². The number of nitrogens with zero attached hydrogens (tertiary/aromatic N) is 6. The summed E-state index contributed by atoms with van der Waals surface area (Å²) in [6.07, 6.45) is 3.20. The maximum Gasteiger partial charge on any atom is 0.152 e. The number of piperazine rings is 1. The number of aryl methyl sites for hydroxylation is 1. The van der Waals surface area contributed by atoms with Crippen LogP contribution in [0.2, 0.25) is 0 Å². The van der Waals surface area contributed by atoms with E-state index in [4.69, 9.17) is 28.1 Å². The highest BCUT2D eigenvalue weighted by Crippen LogP contribution is 2.31. The molecule has 39 heavy (non-hydrogen) atoms. The van der Waals surface area contributed by atoms with Gasteiger partial charge in [-0.05, 0) is 46.2 Å². The molecule has 1 saturated heterocycles. The largest absolute Gasteiger partial charge is 0.382 e. The molecule has 8 nitrogen and oxygen atoms in total. The quantitative estimate of drug-likeness (QED) is 0.282. The number of fused-ring (bicyclic) bond motifs is 3. The van der Waals surface area contributed by atoms with E-state index in [2.05, 4.69) is 79.1 Å². The third kappa shape index (κ3) is 7.99. The Labute approximate surface area is 241 Å². The number of unbranched alkanes of at least 4 members (excludes halogenated alkanes) is 1. The number of hydrogen-bond acceptors (Lipinski definition) is 8. The van der Waals surface area contributed by atoms with Crippen LogP contribution in [0.1, 0.15) is 60.2 Å². The first kappa shape index (κ1) is 31.5. The Bertz CT molecular complexity index is 1210. The molecule has 1 fully saturated rings. The molecule has 0 spiro atoms. The van der Waals surface area contributed by atoms with Gasteiger partial charge in [0.25, 0.3) is 0 Å². The van der Waals surface area contributed by atoms with Gasteiger partial charge in [0, 0.05) is 58.6 Å². The van der Waals surface area contributed by atoms with Gasteiger partial charge in [-0.25, -0.2) is 14.6 Å². The maximum absolute atomic E-state index is 6.23. The number of pyridine rings is 1. The van der Waals surface area contributed by atoms with Crippen molar-refractivity contribution in [1.82, 2.24) is 24.4 Å². The molecule has 1 aliphatic rings. The highest BCUT2D eigenvalue weighted by atomic mass is 32.1. The predicted molar refractivity (Wildman–Crippen MR) is 169 cm³/mol. The first-order valence-corrected chi connectivity index (χ1v) is 14.8. The SMILES string of the molecule is CC(C)C(C)(C)OC(C)(S)CN1CCN(C)CC1.CCCCc1nc2c(N)nc3ccccc3c2n1N(C)C. The topological polar surface area (TPSA) is 75.7 Å². The van der Waals surface area contributed by atoms with Crippen LogP contribution in [0.25, 0.3) is 21.9 Å².